The van der Waals surface area contributed by atoms with Gasteiger partial charge in [0.15, 0.2) is 0 Å². The highest BCUT2D eigenvalue weighted by atomic mass is 15.2. The third-order valence-electron chi connectivity index (χ3n) is 4.25. The molecule has 19 heavy (non-hydrogen) atoms. The van der Waals surface area contributed by atoms with Crippen LogP contribution in [0.1, 0.15) is 66.2 Å². The monoisotopic (exact) mass is 265 g/mol. The predicted octanol–water partition coefficient (Wildman–Crippen LogP) is 3.31. The summed E-state index contributed by atoms with van der Waals surface area (Å²) in [6, 6.07) is 3.56. The molecule has 1 N–H and O–H groups in total. The average molecular weight is 265 g/mol. The lowest BCUT2D eigenvalue weighted by Crippen LogP contribution is -2.48. The molecule has 0 aliphatic heterocycles. The van der Waals surface area contributed by atoms with Gasteiger partial charge in [0.1, 0.15) is 5.54 Å². The van der Waals surface area contributed by atoms with E-state index in [9.17, 15) is 5.26 Å². The van der Waals surface area contributed by atoms with Crippen LogP contribution in [0.2, 0.25) is 0 Å². The molecule has 1 atom stereocenters. The molecule has 110 valence electrons. The number of nitriles is 1. The first kappa shape index (κ1) is 16.5. The molecule has 0 radical (unpaired) electrons. The first-order chi connectivity index (χ1) is 9.00. The maximum absolute atomic E-state index is 9.40. The minimum Gasteiger partial charge on any atom is -0.301 e. The summed E-state index contributed by atoms with van der Waals surface area (Å²) >= 11 is 0. The van der Waals surface area contributed by atoms with Crippen molar-refractivity contribution in [2.45, 2.75) is 83.8 Å². The number of hydrogen-bond donors (Lipinski definition) is 1. The number of nitrogens with zero attached hydrogens (tertiary/aromatic N) is 2. The summed E-state index contributed by atoms with van der Waals surface area (Å²) < 4.78 is 0. The van der Waals surface area contributed by atoms with Gasteiger partial charge in [-0.1, -0.05) is 26.2 Å². The van der Waals surface area contributed by atoms with Crippen molar-refractivity contribution in [1.82, 2.24) is 10.2 Å². The average Bonchev–Trinajstić information content (AvgIpc) is 2.40. The van der Waals surface area contributed by atoms with Gasteiger partial charge in [-0.25, -0.2) is 0 Å². The summed E-state index contributed by atoms with van der Waals surface area (Å²) in [6.45, 7) is 10.6. The van der Waals surface area contributed by atoms with Gasteiger partial charge in [-0.3, -0.25) is 5.32 Å². The Labute approximate surface area is 119 Å². The second-order valence-corrected chi connectivity index (χ2v) is 6.41. The van der Waals surface area contributed by atoms with Crippen molar-refractivity contribution >= 4 is 0 Å². The first-order valence-corrected chi connectivity index (χ1v) is 7.93. The van der Waals surface area contributed by atoms with Crippen LogP contribution < -0.4 is 5.32 Å². The molecule has 0 aromatic rings. The summed E-state index contributed by atoms with van der Waals surface area (Å²) in [5.41, 5.74) is -0.393. The molecule has 3 heteroatoms. The van der Waals surface area contributed by atoms with Gasteiger partial charge < -0.3 is 4.90 Å². The van der Waals surface area contributed by atoms with Gasteiger partial charge in [0.2, 0.25) is 0 Å². The van der Waals surface area contributed by atoms with Crippen molar-refractivity contribution in [3.8, 4) is 6.07 Å². The lowest BCUT2D eigenvalue weighted by molar-refractivity contribution is 0.151. The molecule has 1 fully saturated rings. The van der Waals surface area contributed by atoms with Crippen LogP contribution in [0.5, 0.6) is 0 Å². The lowest BCUT2D eigenvalue weighted by Gasteiger charge is -2.36. The van der Waals surface area contributed by atoms with E-state index >= 15 is 0 Å². The van der Waals surface area contributed by atoms with Gasteiger partial charge in [-0.15, -0.1) is 0 Å². The van der Waals surface area contributed by atoms with Crippen LogP contribution in [0.15, 0.2) is 0 Å². The van der Waals surface area contributed by atoms with Crippen LogP contribution >= 0.6 is 0 Å². The maximum Gasteiger partial charge on any atom is 0.105 e. The minimum atomic E-state index is -0.393. The molecule has 0 spiro atoms. The van der Waals surface area contributed by atoms with Crippen molar-refractivity contribution in [1.29, 1.82) is 5.26 Å². The molecular weight excluding hydrogens is 234 g/mol. The molecule has 0 saturated heterocycles. The summed E-state index contributed by atoms with van der Waals surface area (Å²) in [4.78, 5) is 2.58. The van der Waals surface area contributed by atoms with Crippen molar-refractivity contribution in [3.63, 3.8) is 0 Å². The Morgan fingerprint density at radius 3 is 2.42 bits per heavy atom. The van der Waals surface area contributed by atoms with Gasteiger partial charge in [-0.2, -0.15) is 5.26 Å². The molecule has 0 heterocycles. The van der Waals surface area contributed by atoms with E-state index in [1.165, 1.54) is 32.1 Å². The Kier molecular flexibility index (Phi) is 6.82. The fourth-order valence-corrected chi connectivity index (χ4v) is 3.21. The smallest absolute Gasteiger partial charge is 0.105 e. The second kappa shape index (κ2) is 7.87. The summed E-state index contributed by atoms with van der Waals surface area (Å²) in [6.07, 6.45) is 7.75. The van der Waals surface area contributed by atoms with Crippen molar-refractivity contribution in [2.24, 2.45) is 0 Å². The zero-order valence-corrected chi connectivity index (χ0v) is 13.2. The molecule has 0 amide bonds. The standard InChI is InChI=1S/C16H31N3/c1-5-19(15-9-7-6-8-10-15)12-11-16(4,13-17)18-14(2)3/h14-15,18H,5-12H2,1-4H3. The van der Waals surface area contributed by atoms with Crippen LogP contribution in [0.3, 0.4) is 0 Å². The number of nitrogens with one attached hydrogen (secondary N) is 1. The maximum atomic E-state index is 9.40. The third-order valence-corrected chi connectivity index (χ3v) is 4.25. The molecule has 0 aromatic heterocycles. The van der Waals surface area contributed by atoms with Crippen LogP contribution in [0, 0.1) is 11.3 Å². The van der Waals surface area contributed by atoms with Crippen molar-refractivity contribution < 1.29 is 0 Å². The van der Waals surface area contributed by atoms with E-state index in [4.69, 9.17) is 0 Å². The minimum absolute atomic E-state index is 0.356. The Hall–Kier alpha value is -0.590. The highest BCUT2D eigenvalue weighted by Gasteiger charge is 2.27. The second-order valence-electron chi connectivity index (χ2n) is 6.41. The largest absolute Gasteiger partial charge is 0.301 e. The highest BCUT2D eigenvalue weighted by molar-refractivity contribution is 5.04. The van der Waals surface area contributed by atoms with Gasteiger partial charge in [0.05, 0.1) is 6.07 Å². The Bertz CT molecular complexity index is 289. The Morgan fingerprint density at radius 2 is 1.95 bits per heavy atom. The normalized spacial score (nSPS) is 20.5. The van der Waals surface area contributed by atoms with Crippen LogP contribution in [0.25, 0.3) is 0 Å². The van der Waals surface area contributed by atoms with E-state index in [0.29, 0.717) is 6.04 Å². The van der Waals surface area contributed by atoms with Gasteiger partial charge in [0.25, 0.3) is 0 Å². The molecule has 0 bridgehead atoms. The van der Waals surface area contributed by atoms with E-state index < -0.39 is 5.54 Å². The van der Waals surface area contributed by atoms with E-state index in [1.54, 1.807) is 0 Å². The number of hydrogen-bond acceptors (Lipinski definition) is 3. The SMILES string of the molecule is CCN(CCC(C)(C#N)NC(C)C)C1CCCCC1. The zero-order chi connectivity index (χ0) is 14.3. The fraction of sp³-hybridized carbons (Fsp3) is 0.938. The van der Waals surface area contributed by atoms with E-state index in [0.717, 1.165) is 25.6 Å². The van der Waals surface area contributed by atoms with E-state index in [-0.39, 0.29) is 0 Å². The first-order valence-electron chi connectivity index (χ1n) is 7.93. The fourth-order valence-electron chi connectivity index (χ4n) is 3.21. The van der Waals surface area contributed by atoms with Crippen LogP contribution in [-0.2, 0) is 0 Å². The Morgan fingerprint density at radius 1 is 1.32 bits per heavy atom. The summed E-state index contributed by atoms with van der Waals surface area (Å²) in [7, 11) is 0. The topological polar surface area (TPSA) is 39.1 Å². The molecule has 1 rings (SSSR count). The van der Waals surface area contributed by atoms with Gasteiger partial charge >= 0.3 is 0 Å². The third kappa shape index (κ3) is 5.50. The molecule has 1 saturated carbocycles. The molecule has 1 aliphatic carbocycles. The van der Waals surface area contributed by atoms with E-state index in [1.807, 2.05) is 6.92 Å². The van der Waals surface area contributed by atoms with Crippen LogP contribution in [0.4, 0.5) is 0 Å². The molecule has 0 aromatic carbocycles. The van der Waals surface area contributed by atoms with E-state index in [2.05, 4.69) is 37.1 Å². The number of rotatable bonds is 7. The molecule has 1 aliphatic rings. The lowest BCUT2D eigenvalue weighted by atomic mass is 9.92. The summed E-state index contributed by atoms with van der Waals surface area (Å²) in [5, 5.41) is 12.8. The van der Waals surface area contributed by atoms with Crippen LogP contribution in [-0.4, -0.2) is 35.6 Å². The quantitative estimate of drug-likeness (QED) is 0.767. The molecule has 3 nitrogen and oxygen atoms in total. The van der Waals surface area contributed by atoms with Crippen molar-refractivity contribution in [2.75, 3.05) is 13.1 Å². The summed E-state index contributed by atoms with van der Waals surface area (Å²) in [5.74, 6) is 0. The van der Waals surface area contributed by atoms with Crippen molar-refractivity contribution in [3.05, 3.63) is 0 Å². The Balaban J connectivity index is 2.49. The predicted molar refractivity (Wildman–Crippen MR) is 81.0 cm³/mol. The van der Waals surface area contributed by atoms with Gasteiger partial charge in [-0.05, 0) is 46.6 Å². The molecular formula is C16H31N3. The highest BCUT2D eigenvalue weighted by Crippen LogP contribution is 2.23. The zero-order valence-electron chi connectivity index (χ0n) is 13.2. The molecule has 1 unspecified atom stereocenters. The van der Waals surface area contributed by atoms with Gasteiger partial charge in [0, 0.05) is 18.6 Å².